The number of methoxy groups -OCH3 is 1. The van der Waals surface area contributed by atoms with Crippen LogP contribution in [0.25, 0.3) is 0 Å². The lowest BCUT2D eigenvalue weighted by Crippen LogP contribution is -2.24. The summed E-state index contributed by atoms with van der Waals surface area (Å²) >= 11 is 0. The Morgan fingerprint density at radius 1 is 1.44 bits per heavy atom. The molecule has 1 atom stereocenters. The Morgan fingerprint density at radius 3 is 2.78 bits per heavy atom. The molecule has 2 rings (SSSR count). The molecule has 1 aromatic carbocycles. The predicted molar refractivity (Wildman–Crippen MR) is 61.4 cm³/mol. The molecule has 2 amide bonds. The van der Waals surface area contributed by atoms with E-state index >= 15 is 0 Å². The number of ether oxygens (including phenoxy) is 2. The lowest BCUT2D eigenvalue weighted by atomic mass is 10.1. The highest BCUT2D eigenvalue weighted by Gasteiger charge is 2.31. The number of rotatable bonds is 4. The van der Waals surface area contributed by atoms with Gasteiger partial charge in [-0.1, -0.05) is 6.07 Å². The molecule has 0 radical (unpaired) electrons. The molecule has 1 unspecified atom stereocenters. The number of benzene rings is 1. The fourth-order valence-electron chi connectivity index (χ4n) is 1.77. The average Bonchev–Trinajstić information content (AvgIpc) is 2.65. The van der Waals surface area contributed by atoms with Crippen molar-refractivity contribution in [2.45, 2.75) is 18.9 Å². The van der Waals surface area contributed by atoms with Crippen molar-refractivity contribution in [2.75, 3.05) is 7.11 Å². The summed E-state index contributed by atoms with van der Waals surface area (Å²) in [4.78, 5) is 22.0. The number of alkyl carbamates (subject to hydrolysis) is 1. The standard InChI is InChI=1S/C12H13NO5/c1-17-9-4-2-7(6-8(9)14)3-5-10-11(15)13-12(16)18-10/h2,4,6,10,14H,3,5H2,1H3,(H,13,15,16). The quantitative estimate of drug-likeness (QED) is 0.832. The first-order valence-electron chi connectivity index (χ1n) is 5.47. The zero-order valence-electron chi connectivity index (χ0n) is 9.80. The van der Waals surface area contributed by atoms with Gasteiger partial charge in [0.1, 0.15) is 0 Å². The number of hydrogen-bond acceptors (Lipinski definition) is 5. The minimum Gasteiger partial charge on any atom is -0.504 e. The van der Waals surface area contributed by atoms with Crippen LogP contribution in [-0.4, -0.2) is 30.3 Å². The Bertz CT molecular complexity index is 485. The number of aromatic hydroxyl groups is 1. The Kier molecular flexibility index (Phi) is 3.36. The molecule has 0 bridgehead atoms. The fourth-order valence-corrected chi connectivity index (χ4v) is 1.77. The maximum atomic E-state index is 11.2. The molecule has 1 saturated heterocycles. The van der Waals surface area contributed by atoms with Gasteiger partial charge in [-0.15, -0.1) is 0 Å². The van der Waals surface area contributed by atoms with E-state index in [1.165, 1.54) is 7.11 Å². The van der Waals surface area contributed by atoms with Crippen LogP contribution < -0.4 is 10.1 Å². The molecule has 6 nitrogen and oxygen atoms in total. The van der Waals surface area contributed by atoms with E-state index < -0.39 is 18.1 Å². The molecule has 0 aliphatic carbocycles. The number of cyclic esters (lactones) is 1. The van der Waals surface area contributed by atoms with Gasteiger partial charge < -0.3 is 14.6 Å². The number of carbonyl (C=O) groups excluding carboxylic acids is 2. The Labute approximate surface area is 104 Å². The van der Waals surface area contributed by atoms with Crippen molar-refractivity contribution in [1.29, 1.82) is 0 Å². The Morgan fingerprint density at radius 2 is 2.22 bits per heavy atom. The van der Waals surface area contributed by atoms with Crippen molar-refractivity contribution in [3.05, 3.63) is 23.8 Å². The number of amides is 2. The molecule has 18 heavy (non-hydrogen) atoms. The average molecular weight is 251 g/mol. The van der Waals surface area contributed by atoms with Gasteiger partial charge in [-0.3, -0.25) is 10.1 Å². The first-order chi connectivity index (χ1) is 8.60. The van der Waals surface area contributed by atoms with E-state index in [0.717, 1.165) is 5.56 Å². The number of phenolic OH excluding ortho intramolecular Hbond substituents is 1. The van der Waals surface area contributed by atoms with E-state index in [1.54, 1.807) is 18.2 Å². The van der Waals surface area contributed by atoms with Gasteiger partial charge in [0.2, 0.25) is 0 Å². The number of phenols is 1. The minimum atomic E-state index is -0.748. The summed E-state index contributed by atoms with van der Waals surface area (Å²) < 4.78 is 9.71. The highest BCUT2D eigenvalue weighted by atomic mass is 16.6. The molecule has 0 saturated carbocycles. The van der Waals surface area contributed by atoms with Crippen LogP contribution in [0, 0.1) is 0 Å². The Balaban J connectivity index is 1.96. The summed E-state index contributed by atoms with van der Waals surface area (Å²) in [6, 6.07) is 4.99. The van der Waals surface area contributed by atoms with Gasteiger partial charge in [0.15, 0.2) is 17.6 Å². The maximum absolute atomic E-state index is 11.2. The van der Waals surface area contributed by atoms with Crippen LogP contribution in [0.15, 0.2) is 18.2 Å². The monoisotopic (exact) mass is 251 g/mol. The molecule has 1 aliphatic rings. The smallest absolute Gasteiger partial charge is 0.414 e. The largest absolute Gasteiger partial charge is 0.504 e. The van der Waals surface area contributed by atoms with Gasteiger partial charge in [0.25, 0.3) is 5.91 Å². The van der Waals surface area contributed by atoms with E-state index in [1.807, 2.05) is 0 Å². The van der Waals surface area contributed by atoms with Crippen LogP contribution in [0.2, 0.25) is 0 Å². The van der Waals surface area contributed by atoms with E-state index in [-0.39, 0.29) is 5.75 Å². The zero-order valence-corrected chi connectivity index (χ0v) is 9.80. The van der Waals surface area contributed by atoms with Crippen molar-refractivity contribution >= 4 is 12.0 Å². The van der Waals surface area contributed by atoms with Gasteiger partial charge >= 0.3 is 6.09 Å². The summed E-state index contributed by atoms with van der Waals surface area (Å²) in [7, 11) is 1.47. The van der Waals surface area contributed by atoms with Gasteiger partial charge in [0.05, 0.1) is 7.11 Å². The lowest BCUT2D eigenvalue weighted by molar-refractivity contribution is -0.123. The summed E-state index contributed by atoms with van der Waals surface area (Å²) in [5.41, 5.74) is 0.837. The van der Waals surface area contributed by atoms with E-state index in [9.17, 15) is 14.7 Å². The molecule has 1 aromatic rings. The molecule has 1 heterocycles. The van der Waals surface area contributed by atoms with Gasteiger partial charge in [-0.2, -0.15) is 0 Å². The number of aryl methyl sites for hydroxylation is 1. The molecule has 96 valence electrons. The summed E-state index contributed by atoms with van der Waals surface area (Å²) in [6.07, 6.45) is -0.559. The molecule has 1 fully saturated rings. The van der Waals surface area contributed by atoms with Crippen LogP contribution in [0.1, 0.15) is 12.0 Å². The summed E-state index contributed by atoms with van der Waals surface area (Å²) in [5, 5.41) is 11.7. The van der Waals surface area contributed by atoms with E-state index in [2.05, 4.69) is 5.32 Å². The van der Waals surface area contributed by atoms with Gasteiger partial charge in [0, 0.05) is 0 Å². The zero-order chi connectivity index (χ0) is 13.1. The van der Waals surface area contributed by atoms with Crippen molar-refractivity contribution in [2.24, 2.45) is 0 Å². The molecule has 2 N–H and O–H groups in total. The summed E-state index contributed by atoms with van der Waals surface area (Å²) in [5.74, 6) is 0.0180. The third-order valence-corrected chi connectivity index (χ3v) is 2.71. The molecular weight excluding hydrogens is 238 g/mol. The molecule has 0 spiro atoms. The first-order valence-corrected chi connectivity index (χ1v) is 5.47. The minimum absolute atomic E-state index is 0.0443. The molecule has 0 aromatic heterocycles. The van der Waals surface area contributed by atoms with Crippen molar-refractivity contribution in [3.63, 3.8) is 0 Å². The second kappa shape index (κ2) is 4.95. The van der Waals surface area contributed by atoms with Gasteiger partial charge in [-0.25, -0.2) is 4.79 Å². The maximum Gasteiger partial charge on any atom is 0.414 e. The van der Waals surface area contributed by atoms with Crippen molar-refractivity contribution in [1.82, 2.24) is 5.32 Å². The SMILES string of the molecule is COc1ccc(CCC2OC(=O)NC2=O)cc1O. The van der Waals surface area contributed by atoms with Crippen LogP contribution in [0.4, 0.5) is 4.79 Å². The second-order valence-electron chi connectivity index (χ2n) is 3.93. The van der Waals surface area contributed by atoms with E-state index in [4.69, 9.17) is 9.47 Å². The first kappa shape index (κ1) is 12.2. The molecule has 6 heteroatoms. The highest BCUT2D eigenvalue weighted by molar-refractivity contribution is 5.99. The van der Waals surface area contributed by atoms with Crippen molar-refractivity contribution in [3.8, 4) is 11.5 Å². The van der Waals surface area contributed by atoms with Crippen LogP contribution in [0.5, 0.6) is 11.5 Å². The number of carbonyl (C=O) groups is 2. The van der Waals surface area contributed by atoms with Crippen LogP contribution in [-0.2, 0) is 16.0 Å². The third kappa shape index (κ3) is 2.53. The van der Waals surface area contributed by atoms with Crippen LogP contribution in [0.3, 0.4) is 0 Å². The number of nitrogens with one attached hydrogen (secondary N) is 1. The van der Waals surface area contributed by atoms with E-state index in [0.29, 0.717) is 18.6 Å². The van der Waals surface area contributed by atoms with Crippen molar-refractivity contribution < 1.29 is 24.2 Å². The normalized spacial score (nSPS) is 18.4. The second-order valence-corrected chi connectivity index (χ2v) is 3.93. The van der Waals surface area contributed by atoms with Gasteiger partial charge in [-0.05, 0) is 30.5 Å². The highest BCUT2D eigenvalue weighted by Crippen LogP contribution is 2.27. The van der Waals surface area contributed by atoms with Crippen LogP contribution >= 0.6 is 0 Å². The Hall–Kier alpha value is -2.24. The molecule has 1 aliphatic heterocycles. The fraction of sp³-hybridized carbons (Fsp3) is 0.333. The molecular formula is C12H13NO5. The topological polar surface area (TPSA) is 84.9 Å². The number of imide groups is 1. The number of hydrogen-bond donors (Lipinski definition) is 2. The predicted octanol–water partition coefficient (Wildman–Crippen LogP) is 0.968. The summed E-state index contributed by atoms with van der Waals surface area (Å²) in [6.45, 7) is 0. The lowest BCUT2D eigenvalue weighted by Gasteiger charge is -2.08. The third-order valence-electron chi connectivity index (χ3n) is 2.71.